The van der Waals surface area contributed by atoms with Crippen LogP contribution in [0.2, 0.25) is 0 Å². The fourth-order valence-electron chi connectivity index (χ4n) is 2.85. The van der Waals surface area contributed by atoms with Crippen molar-refractivity contribution in [2.24, 2.45) is 0 Å². The third-order valence-electron chi connectivity index (χ3n) is 4.35. The number of carbonyl (C=O) groups is 2. The van der Waals surface area contributed by atoms with E-state index in [4.69, 9.17) is 17.3 Å². The van der Waals surface area contributed by atoms with Gasteiger partial charge in [0.05, 0.1) is 11.5 Å². The van der Waals surface area contributed by atoms with E-state index in [-0.39, 0.29) is 18.4 Å². The van der Waals surface area contributed by atoms with E-state index in [1.54, 1.807) is 9.80 Å². The lowest BCUT2D eigenvalue weighted by atomic mass is 10.1. The van der Waals surface area contributed by atoms with Crippen LogP contribution in [-0.4, -0.2) is 57.3 Å². The van der Waals surface area contributed by atoms with E-state index in [1.165, 1.54) is 11.8 Å². The molecule has 1 aliphatic rings. The van der Waals surface area contributed by atoms with Crippen molar-refractivity contribution >= 4 is 46.2 Å². The molecule has 0 unspecified atom stereocenters. The second-order valence-electron chi connectivity index (χ2n) is 6.25. The van der Waals surface area contributed by atoms with Crippen LogP contribution in [-0.2, 0) is 9.59 Å². The minimum atomic E-state index is -0.0370. The Morgan fingerprint density at radius 2 is 2.00 bits per heavy atom. The summed E-state index contributed by atoms with van der Waals surface area (Å²) in [5.41, 5.74) is 0.986. The number of benzene rings is 1. The van der Waals surface area contributed by atoms with E-state index in [0.717, 1.165) is 24.8 Å². The lowest BCUT2D eigenvalue weighted by Gasteiger charge is -2.19. The molecule has 0 aromatic heterocycles. The van der Waals surface area contributed by atoms with E-state index in [1.807, 2.05) is 43.3 Å². The molecule has 0 saturated carbocycles. The summed E-state index contributed by atoms with van der Waals surface area (Å²) in [5, 5.41) is 8.96. The molecule has 0 atom stereocenters. The highest BCUT2D eigenvalue weighted by molar-refractivity contribution is 8.26. The highest BCUT2D eigenvalue weighted by Gasteiger charge is 2.31. The largest absolute Gasteiger partial charge is 0.395 e. The first-order valence-corrected chi connectivity index (χ1v) is 10.5. The molecule has 27 heavy (non-hydrogen) atoms. The standard InChI is InChI=1S/C20H26N2O3S2/c1-2-21(13-14-23)18(24)11-7-4-8-12-22-19(25)17(27-20(22)26)15-16-9-5-3-6-10-16/h3,5-6,9-10,15,23H,2,4,7-8,11-14H2,1H3. The van der Waals surface area contributed by atoms with E-state index < -0.39 is 0 Å². The first-order chi connectivity index (χ1) is 13.1. The molecular weight excluding hydrogens is 380 g/mol. The van der Waals surface area contributed by atoms with Crippen LogP contribution in [0.1, 0.15) is 38.2 Å². The zero-order chi connectivity index (χ0) is 19.6. The lowest BCUT2D eigenvalue weighted by molar-refractivity contribution is -0.131. The summed E-state index contributed by atoms with van der Waals surface area (Å²) >= 11 is 6.69. The topological polar surface area (TPSA) is 60.9 Å². The molecule has 1 fully saturated rings. The Bertz CT molecular complexity index is 692. The summed E-state index contributed by atoms with van der Waals surface area (Å²) in [4.78, 5) is 28.6. The van der Waals surface area contributed by atoms with Crippen molar-refractivity contribution < 1.29 is 14.7 Å². The number of hydrogen-bond donors (Lipinski definition) is 1. The first-order valence-electron chi connectivity index (χ1n) is 9.26. The molecule has 0 spiro atoms. The molecule has 0 radical (unpaired) electrons. The van der Waals surface area contributed by atoms with Crippen LogP contribution < -0.4 is 0 Å². The molecule has 146 valence electrons. The molecule has 5 nitrogen and oxygen atoms in total. The molecule has 1 saturated heterocycles. The van der Waals surface area contributed by atoms with Gasteiger partial charge < -0.3 is 10.0 Å². The van der Waals surface area contributed by atoms with Crippen molar-refractivity contribution in [2.75, 3.05) is 26.2 Å². The summed E-state index contributed by atoms with van der Waals surface area (Å²) in [6, 6.07) is 9.74. The molecule has 2 rings (SSSR count). The number of thiocarbonyl (C=S) groups is 1. The maximum atomic E-state index is 12.6. The zero-order valence-electron chi connectivity index (χ0n) is 15.6. The van der Waals surface area contributed by atoms with Crippen LogP contribution in [0.3, 0.4) is 0 Å². The van der Waals surface area contributed by atoms with Gasteiger partial charge >= 0.3 is 0 Å². The van der Waals surface area contributed by atoms with Gasteiger partial charge in [-0.05, 0) is 31.4 Å². The van der Waals surface area contributed by atoms with Crippen molar-refractivity contribution in [1.82, 2.24) is 9.80 Å². The van der Waals surface area contributed by atoms with Gasteiger partial charge in [0.2, 0.25) is 5.91 Å². The minimum Gasteiger partial charge on any atom is -0.395 e. The lowest BCUT2D eigenvalue weighted by Crippen LogP contribution is -2.33. The van der Waals surface area contributed by atoms with Crippen molar-refractivity contribution in [1.29, 1.82) is 0 Å². The number of thioether (sulfide) groups is 1. The second kappa shape index (κ2) is 11.2. The Morgan fingerprint density at radius 3 is 2.67 bits per heavy atom. The van der Waals surface area contributed by atoms with Gasteiger partial charge in [-0.15, -0.1) is 0 Å². The van der Waals surface area contributed by atoms with E-state index in [0.29, 0.717) is 35.3 Å². The highest BCUT2D eigenvalue weighted by Crippen LogP contribution is 2.32. The maximum Gasteiger partial charge on any atom is 0.266 e. The second-order valence-corrected chi connectivity index (χ2v) is 7.93. The van der Waals surface area contributed by atoms with Crippen molar-refractivity contribution in [3.63, 3.8) is 0 Å². The van der Waals surface area contributed by atoms with E-state index in [9.17, 15) is 9.59 Å². The Hall–Kier alpha value is -1.70. The maximum absolute atomic E-state index is 12.6. The van der Waals surface area contributed by atoms with Gasteiger partial charge in [0, 0.05) is 26.1 Å². The molecule has 0 bridgehead atoms. The Labute approximate surface area is 170 Å². The van der Waals surface area contributed by atoms with Crippen LogP contribution in [0, 0.1) is 0 Å². The number of likely N-dealkylation sites (N-methyl/N-ethyl adjacent to an activating group) is 1. The fraction of sp³-hybridized carbons (Fsp3) is 0.450. The van der Waals surface area contributed by atoms with Gasteiger partial charge in [0.25, 0.3) is 5.91 Å². The molecule has 7 heteroatoms. The van der Waals surface area contributed by atoms with Gasteiger partial charge in [0.1, 0.15) is 4.32 Å². The summed E-state index contributed by atoms with van der Waals surface area (Å²) in [6.07, 6.45) is 4.79. The Balaban J connectivity index is 1.76. The number of aliphatic hydroxyl groups excluding tert-OH is 1. The third kappa shape index (κ3) is 6.45. The average Bonchev–Trinajstić information content (AvgIpc) is 2.93. The van der Waals surface area contributed by atoms with Crippen molar-refractivity contribution in [2.45, 2.75) is 32.6 Å². The van der Waals surface area contributed by atoms with Crippen LogP contribution in [0.25, 0.3) is 6.08 Å². The quantitative estimate of drug-likeness (QED) is 0.367. The van der Waals surface area contributed by atoms with Gasteiger partial charge in [-0.1, -0.05) is 60.7 Å². The zero-order valence-corrected chi connectivity index (χ0v) is 17.2. The van der Waals surface area contributed by atoms with Gasteiger partial charge in [-0.3, -0.25) is 14.5 Å². The minimum absolute atomic E-state index is 0.00933. The molecule has 1 N–H and O–H groups in total. The summed E-state index contributed by atoms with van der Waals surface area (Å²) < 4.78 is 0.596. The van der Waals surface area contributed by atoms with Gasteiger partial charge in [0.15, 0.2) is 0 Å². The average molecular weight is 407 g/mol. The van der Waals surface area contributed by atoms with Crippen molar-refractivity contribution in [3.05, 3.63) is 40.8 Å². The predicted molar refractivity (Wildman–Crippen MR) is 114 cm³/mol. The molecular formula is C20H26N2O3S2. The molecule has 1 aromatic carbocycles. The number of amides is 2. The van der Waals surface area contributed by atoms with Crippen LogP contribution in [0.15, 0.2) is 35.2 Å². The third-order valence-corrected chi connectivity index (χ3v) is 5.73. The summed E-state index contributed by atoms with van der Waals surface area (Å²) in [5.74, 6) is 0.0352. The number of unbranched alkanes of at least 4 members (excludes halogenated alkanes) is 2. The molecule has 2 amide bonds. The molecule has 0 aliphatic carbocycles. The van der Waals surface area contributed by atoms with Crippen molar-refractivity contribution in [3.8, 4) is 0 Å². The molecule has 1 aliphatic heterocycles. The number of nitrogens with zero attached hydrogens (tertiary/aromatic N) is 2. The fourth-order valence-corrected chi connectivity index (χ4v) is 4.16. The number of rotatable bonds is 10. The number of hydrogen-bond acceptors (Lipinski definition) is 5. The Morgan fingerprint density at radius 1 is 1.26 bits per heavy atom. The molecule has 1 aromatic rings. The number of aliphatic hydroxyl groups is 1. The van der Waals surface area contributed by atoms with Gasteiger partial charge in [-0.2, -0.15) is 0 Å². The normalized spacial score (nSPS) is 15.6. The monoisotopic (exact) mass is 406 g/mol. The smallest absolute Gasteiger partial charge is 0.266 e. The predicted octanol–water partition coefficient (Wildman–Crippen LogP) is 3.29. The van der Waals surface area contributed by atoms with Crippen LogP contribution in [0.4, 0.5) is 0 Å². The molecule has 1 heterocycles. The van der Waals surface area contributed by atoms with E-state index >= 15 is 0 Å². The van der Waals surface area contributed by atoms with Gasteiger partial charge in [-0.25, -0.2) is 0 Å². The first kappa shape index (κ1) is 21.6. The van der Waals surface area contributed by atoms with Crippen LogP contribution >= 0.6 is 24.0 Å². The number of carbonyl (C=O) groups excluding carboxylic acids is 2. The Kier molecular flexibility index (Phi) is 8.97. The summed E-state index contributed by atoms with van der Waals surface area (Å²) in [6.45, 7) is 3.48. The SMILES string of the molecule is CCN(CCO)C(=O)CCCCCN1C(=O)C(=Cc2ccccc2)SC1=S. The highest BCUT2D eigenvalue weighted by atomic mass is 32.2. The summed E-state index contributed by atoms with van der Waals surface area (Å²) in [7, 11) is 0. The van der Waals surface area contributed by atoms with Crippen LogP contribution in [0.5, 0.6) is 0 Å². The van der Waals surface area contributed by atoms with E-state index in [2.05, 4.69) is 0 Å².